The van der Waals surface area contributed by atoms with E-state index in [0.717, 1.165) is 62.2 Å². The highest BCUT2D eigenvalue weighted by atomic mass is 16.4. The van der Waals surface area contributed by atoms with Gasteiger partial charge in [-0.2, -0.15) is 9.97 Å². The van der Waals surface area contributed by atoms with Crippen molar-refractivity contribution in [3.8, 4) is 0 Å². The molecule has 0 saturated carbocycles. The van der Waals surface area contributed by atoms with E-state index < -0.39 is 17.0 Å². The molecule has 12 heteroatoms. The third kappa shape index (κ3) is 6.39. The average molecular weight is 535 g/mol. The second-order valence-electron chi connectivity index (χ2n) is 9.87. The molecule has 1 amide bonds. The fourth-order valence-corrected chi connectivity index (χ4v) is 4.95. The summed E-state index contributed by atoms with van der Waals surface area (Å²) in [6.45, 7) is 5.19. The number of anilines is 6. The number of carbonyl (C=O) groups is 1. The smallest absolute Gasteiger partial charge is 0.404 e. The zero-order valence-corrected chi connectivity index (χ0v) is 21.8. The van der Waals surface area contributed by atoms with E-state index in [2.05, 4.69) is 31.1 Å². The lowest BCUT2D eigenvalue weighted by Gasteiger charge is -2.22. The minimum Gasteiger partial charge on any atom is -0.465 e. The van der Waals surface area contributed by atoms with E-state index in [1.165, 1.54) is 12.8 Å². The van der Waals surface area contributed by atoms with E-state index in [4.69, 9.17) is 15.1 Å². The summed E-state index contributed by atoms with van der Waals surface area (Å²) in [7, 11) is 0. The molecule has 1 aromatic heterocycles. The summed E-state index contributed by atoms with van der Waals surface area (Å²) in [6.07, 6.45) is 4.13. The van der Waals surface area contributed by atoms with Crippen molar-refractivity contribution in [1.29, 1.82) is 0 Å². The molecule has 2 saturated heterocycles. The van der Waals surface area contributed by atoms with Crippen LogP contribution in [0.25, 0.3) is 0 Å². The van der Waals surface area contributed by atoms with Crippen LogP contribution in [-0.4, -0.2) is 67.0 Å². The van der Waals surface area contributed by atoms with Crippen molar-refractivity contribution in [2.24, 2.45) is 0 Å². The van der Waals surface area contributed by atoms with Gasteiger partial charge in [-0.1, -0.05) is 12.1 Å². The third-order valence-electron chi connectivity index (χ3n) is 7.08. The first-order valence-electron chi connectivity index (χ1n) is 13.5. The largest absolute Gasteiger partial charge is 0.465 e. The van der Waals surface area contributed by atoms with Crippen LogP contribution in [-0.2, 0) is 6.42 Å². The maximum Gasteiger partial charge on any atom is 0.404 e. The molecule has 0 bridgehead atoms. The number of hydrogen-bond donors (Lipinski definition) is 5. The molecule has 3 aromatic rings. The van der Waals surface area contributed by atoms with Crippen molar-refractivity contribution in [2.45, 2.75) is 32.1 Å². The van der Waals surface area contributed by atoms with Gasteiger partial charge in [-0.15, -0.1) is 0 Å². The number of nitrogens with zero attached hydrogens (tertiary/aromatic N) is 4. The summed E-state index contributed by atoms with van der Waals surface area (Å²) in [6, 6.07) is 9.27. The van der Waals surface area contributed by atoms with Gasteiger partial charge in [0.15, 0.2) is 0 Å². The number of benzene rings is 1. The van der Waals surface area contributed by atoms with E-state index in [-0.39, 0.29) is 11.4 Å². The van der Waals surface area contributed by atoms with Gasteiger partial charge in [-0.3, -0.25) is 9.59 Å². The molecule has 0 aliphatic carbocycles. The van der Waals surface area contributed by atoms with Crippen molar-refractivity contribution < 1.29 is 9.90 Å². The van der Waals surface area contributed by atoms with Gasteiger partial charge in [0, 0.05) is 57.6 Å². The lowest BCUT2D eigenvalue weighted by molar-refractivity contribution is 0.194. The summed E-state index contributed by atoms with van der Waals surface area (Å²) in [5, 5.41) is 20.5. The average Bonchev–Trinajstić information content (AvgIpc) is 3.68. The predicted molar refractivity (Wildman–Crippen MR) is 153 cm³/mol. The molecule has 0 radical (unpaired) electrons. The zero-order valence-electron chi connectivity index (χ0n) is 21.8. The third-order valence-corrected chi connectivity index (χ3v) is 7.08. The van der Waals surface area contributed by atoms with Crippen LogP contribution in [0.2, 0.25) is 0 Å². The second-order valence-corrected chi connectivity index (χ2v) is 9.87. The van der Waals surface area contributed by atoms with Crippen LogP contribution in [0.15, 0.2) is 39.9 Å². The fourth-order valence-electron chi connectivity index (χ4n) is 4.95. The Balaban J connectivity index is 1.17. The molecule has 2 fully saturated rings. The number of amides is 1. The summed E-state index contributed by atoms with van der Waals surface area (Å²) < 4.78 is 0. The van der Waals surface area contributed by atoms with Gasteiger partial charge in [0.05, 0.1) is 0 Å². The summed E-state index contributed by atoms with van der Waals surface area (Å²) in [5.74, 6) is 2.45. The van der Waals surface area contributed by atoms with E-state index in [9.17, 15) is 14.4 Å². The van der Waals surface area contributed by atoms with Crippen molar-refractivity contribution in [3.63, 3.8) is 0 Å². The van der Waals surface area contributed by atoms with Crippen LogP contribution in [0.1, 0.15) is 31.2 Å². The van der Waals surface area contributed by atoms with Gasteiger partial charge in [0.2, 0.25) is 5.95 Å². The molecule has 3 heterocycles. The van der Waals surface area contributed by atoms with Crippen molar-refractivity contribution in [2.75, 3.05) is 71.6 Å². The van der Waals surface area contributed by atoms with Gasteiger partial charge in [0.25, 0.3) is 10.9 Å². The molecule has 2 aliphatic rings. The quantitative estimate of drug-likeness (QED) is 0.172. The number of nitrogens with one attached hydrogen (secondary N) is 4. The van der Waals surface area contributed by atoms with Crippen LogP contribution in [0.3, 0.4) is 0 Å². The Kier molecular flexibility index (Phi) is 8.09. The van der Waals surface area contributed by atoms with Crippen LogP contribution >= 0.6 is 0 Å². The Bertz CT molecular complexity index is 1320. The number of hydrogen-bond acceptors (Lipinski definition) is 10. The highest BCUT2D eigenvalue weighted by molar-refractivity contribution is 5.78. The minimum atomic E-state index is -1.06. The maximum absolute atomic E-state index is 12.2. The second kappa shape index (κ2) is 12.0. The molecular weight excluding hydrogens is 500 g/mol. The molecule has 0 unspecified atom stereocenters. The zero-order chi connectivity index (χ0) is 27.2. The van der Waals surface area contributed by atoms with Crippen LogP contribution in [0, 0.1) is 0 Å². The molecule has 206 valence electrons. The standard InChI is InChI=1S/C27H34N8O4/c36-24-22(23(25(24)37)31-19-7-5-18(6-8-19)9-10-30-27(38)39)29-12-11-28-20-17-21(34-13-1-2-14-34)33-26(32-20)35-15-3-4-16-35/h5-8,17,29-31H,1-4,9-16H2,(H,38,39)(H,28,32,33). The molecule has 0 spiro atoms. The Morgan fingerprint density at radius 3 is 2.15 bits per heavy atom. The molecule has 5 rings (SSSR count). The van der Waals surface area contributed by atoms with Gasteiger partial charge in [0.1, 0.15) is 23.0 Å². The first-order chi connectivity index (χ1) is 19.0. The Hall–Kier alpha value is -4.35. The van der Waals surface area contributed by atoms with Crippen molar-refractivity contribution >= 4 is 40.7 Å². The Morgan fingerprint density at radius 2 is 1.46 bits per heavy atom. The normalized spacial score (nSPS) is 15.1. The van der Waals surface area contributed by atoms with Crippen molar-refractivity contribution in [1.82, 2.24) is 15.3 Å². The maximum atomic E-state index is 12.2. The van der Waals surface area contributed by atoms with E-state index in [0.29, 0.717) is 31.7 Å². The van der Waals surface area contributed by atoms with Gasteiger partial charge < -0.3 is 36.2 Å². The molecule has 0 atom stereocenters. The molecule has 2 aliphatic heterocycles. The van der Waals surface area contributed by atoms with Crippen LogP contribution in [0.4, 0.5) is 39.4 Å². The van der Waals surface area contributed by atoms with Gasteiger partial charge >= 0.3 is 6.09 Å². The highest BCUT2D eigenvalue weighted by Gasteiger charge is 2.22. The van der Waals surface area contributed by atoms with Crippen LogP contribution in [0.5, 0.6) is 0 Å². The minimum absolute atomic E-state index is 0.245. The summed E-state index contributed by atoms with van der Waals surface area (Å²) >= 11 is 0. The van der Waals surface area contributed by atoms with E-state index >= 15 is 0 Å². The molecular formula is C27H34N8O4. The molecule has 5 N–H and O–H groups in total. The first-order valence-corrected chi connectivity index (χ1v) is 13.5. The van der Waals surface area contributed by atoms with E-state index in [1.54, 1.807) is 12.1 Å². The monoisotopic (exact) mass is 534 g/mol. The number of carboxylic acid groups (broad SMARTS) is 1. The predicted octanol–water partition coefficient (Wildman–Crippen LogP) is 2.35. The van der Waals surface area contributed by atoms with Gasteiger partial charge in [-0.05, 0) is 49.8 Å². The van der Waals surface area contributed by atoms with E-state index in [1.807, 2.05) is 18.2 Å². The fraction of sp³-hybridized carbons (Fsp3) is 0.444. The summed E-state index contributed by atoms with van der Waals surface area (Å²) in [5.41, 5.74) is 1.05. The molecule has 39 heavy (non-hydrogen) atoms. The van der Waals surface area contributed by atoms with Crippen LogP contribution < -0.4 is 41.9 Å². The number of rotatable bonds is 12. The SMILES string of the molecule is O=C(O)NCCc1ccc(Nc2c(NCCNc3cc(N4CCCC4)nc(N4CCCC4)n3)c(=O)c2=O)cc1. The molecule has 12 nitrogen and oxygen atoms in total. The highest BCUT2D eigenvalue weighted by Crippen LogP contribution is 2.26. The molecule has 2 aromatic carbocycles. The first kappa shape index (κ1) is 26.3. The lowest BCUT2D eigenvalue weighted by atomic mass is 10.1. The summed E-state index contributed by atoms with van der Waals surface area (Å²) in [4.78, 5) is 49.1. The van der Waals surface area contributed by atoms with Crippen molar-refractivity contribution in [3.05, 3.63) is 56.3 Å². The Morgan fingerprint density at radius 1 is 0.821 bits per heavy atom. The lowest BCUT2D eigenvalue weighted by Crippen LogP contribution is -2.37. The Labute approximate surface area is 226 Å². The topological polar surface area (TPSA) is 152 Å². The van der Waals surface area contributed by atoms with Gasteiger partial charge in [-0.25, -0.2) is 4.79 Å². The number of aromatic nitrogens is 2.